The van der Waals surface area contributed by atoms with Gasteiger partial charge in [0.1, 0.15) is 24.0 Å². The lowest BCUT2D eigenvalue weighted by Crippen LogP contribution is -2.34. The number of aryl methyl sites for hydroxylation is 1. The normalized spacial score (nSPS) is 13.8. The molecule has 31 heavy (non-hydrogen) atoms. The molecule has 1 unspecified atom stereocenters. The van der Waals surface area contributed by atoms with E-state index in [2.05, 4.69) is 20.9 Å². The zero-order valence-corrected chi connectivity index (χ0v) is 18.4. The van der Waals surface area contributed by atoms with E-state index in [1.807, 2.05) is 19.1 Å². The number of rotatable bonds is 6. The number of methoxy groups -OCH3 is 1. The summed E-state index contributed by atoms with van der Waals surface area (Å²) in [4.78, 5) is 18.8. The molecule has 1 aromatic heterocycles. The van der Waals surface area contributed by atoms with E-state index in [1.54, 1.807) is 24.3 Å². The number of aromatic nitrogens is 1. The summed E-state index contributed by atoms with van der Waals surface area (Å²) in [7, 11) is 1.33. The van der Waals surface area contributed by atoms with Crippen LogP contribution in [0.15, 0.2) is 53.0 Å². The maximum absolute atomic E-state index is 15.0. The van der Waals surface area contributed by atoms with E-state index in [-0.39, 0.29) is 30.4 Å². The largest absolute Gasteiger partial charge is 0.497 e. The highest BCUT2D eigenvalue weighted by Gasteiger charge is 2.37. The number of carbonyl (C=O) groups excluding carboxylic acids is 1. The minimum atomic E-state index is -1.01. The van der Waals surface area contributed by atoms with Gasteiger partial charge in [-0.15, -0.1) is 0 Å². The molecule has 1 aliphatic rings. The lowest BCUT2D eigenvalue weighted by atomic mass is 10.0. The van der Waals surface area contributed by atoms with E-state index >= 15 is 0 Å². The molecule has 1 aliphatic heterocycles. The molecular formula is C23H19BrF2N2O3. The van der Waals surface area contributed by atoms with Crippen LogP contribution in [-0.2, 0) is 6.54 Å². The SMILES string of the molecule is COc1cc(F)c(C(COc2cccc(C)n2)N2Cc3cc(Br)ccc3C2=O)c(F)c1. The summed E-state index contributed by atoms with van der Waals surface area (Å²) in [5.41, 5.74) is 1.75. The molecule has 2 heterocycles. The molecule has 0 N–H and O–H groups in total. The van der Waals surface area contributed by atoms with Crippen LogP contribution in [0.2, 0.25) is 0 Å². The van der Waals surface area contributed by atoms with Gasteiger partial charge in [-0.3, -0.25) is 4.79 Å². The van der Waals surface area contributed by atoms with Crippen molar-refractivity contribution in [2.24, 2.45) is 0 Å². The van der Waals surface area contributed by atoms with Gasteiger partial charge >= 0.3 is 0 Å². The highest BCUT2D eigenvalue weighted by molar-refractivity contribution is 9.10. The maximum atomic E-state index is 15.0. The quantitative estimate of drug-likeness (QED) is 0.477. The number of amides is 1. The second-order valence-electron chi connectivity index (χ2n) is 7.18. The number of halogens is 3. The Kier molecular flexibility index (Phi) is 5.91. The Balaban J connectivity index is 1.72. The van der Waals surface area contributed by atoms with Crippen molar-refractivity contribution in [3.63, 3.8) is 0 Å². The van der Waals surface area contributed by atoms with Gasteiger partial charge in [-0.2, -0.15) is 0 Å². The monoisotopic (exact) mass is 488 g/mol. The van der Waals surface area contributed by atoms with Crippen molar-refractivity contribution in [1.29, 1.82) is 0 Å². The van der Waals surface area contributed by atoms with Crippen molar-refractivity contribution >= 4 is 21.8 Å². The molecule has 0 saturated carbocycles. The van der Waals surface area contributed by atoms with Crippen LogP contribution in [0.25, 0.3) is 0 Å². The lowest BCUT2D eigenvalue weighted by Gasteiger charge is -2.29. The number of pyridine rings is 1. The summed E-state index contributed by atoms with van der Waals surface area (Å²) in [5.74, 6) is -1.58. The predicted molar refractivity (Wildman–Crippen MR) is 114 cm³/mol. The minimum Gasteiger partial charge on any atom is -0.497 e. The predicted octanol–water partition coefficient (Wildman–Crippen LogP) is 5.22. The zero-order chi connectivity index (χ0) is 22.1. The average Bonchev–Trinajstić information content (AvgIpc) is 3.05. The number of nitrogens with zero attached hydrogens (tertiary/aromatic N) is 2. The first-order chi connectivity index (χ1) is 14.9. The summed E-state index contributed by atoms with van der Waals surface area (Å²) in [6.07, 6.45) is 0. The molecule has 0 aliphatic carbocycles. The van der Waals surface area contributed by atoms with Gasteiger partial charge in [-0.25, -0.2) is 13.8 Å². The van der Waals surface area contributed by atoms with Crippen molar-refractivity contribution in [3.8, 4) is 11.6 Å². The molecule has 0 bridgehead atoms. The smallest absolute Gasteiger partial charge is 0.255 e. The second-order valence-corrected chi connectivity index (χ2v) is 8.10. The highest BCUT2D eigenvalue weighted by Crippen LogP contribution is 2.36. The first kappa shape index (κ1) is 21.2. The molecule has 0 saturated heterocycles. The van der Waals surface area contributed by atoms with Crippen LogP contribution in [0.4, 0.5) is 8.78 Å². The van der Waals surface area contributed by atoms with Gasteiger partial charge in [-0.05, 0) is 36.8 Å². The molecule has 160 valence electrons. The number of benzene rings is 2. The van der Waals surface area contributed by atoms with Gasteiger partial charge < -0.3 is 14.4 Å². The fourth-order valence-electron chi connectivity index (χ4n) is 3.65. The molecule has 0 fully saturated rings. The summed E-state index contributed by atoms with van der Waals surface area (Å²) in [6, 6.07) is 11.7. The summed E-state index contributed by atoms with van der Waals surface area (Å²) in [6.45, 7) is 1.84. The van der Waals surface area contributed by atoms with Crippen LogP contribution in [0.5, 0.6) is 11.6 Å². The first-order valence-electron chi connectivity index (χ1n) is 9.56. The van der Waals surface area contributed by atoms with E-state index in [0.717, 1.165) is 27.9 Å². The van der Waals surface area contributed by atoms with Gasteiger partial charge in [0, 0.05) is 46.0 Å². The van der Waals surface area contributed by atoms with Crippen LogP contribution in [0.1, 0.15) is 33.2 Å². The van der Waals surface area contributed by atoms with Crippen LogP contribution in [0, 0.1) is 18.6 Å². The molecular weight excluding hydrogens is 470 g/mol. The van der Waals surface area contributed by atoms with Gasteiger partial charge in [0.25, 0.3) is 5.91 Å². The molecule has 0 spiro atoms. The van der Waals surface area contributed by atoms with Crippen molar-refractivity contribution in [2.75, 3.05) is 13.7 Å². The fraction of sp³-hybridized carbons (Fsp3) is 0.217. The summed E-state index contributed by atoms with van der Waals surface area (Å²) < 4.78 is 41.5. The number of ether oxygens (including phenoxy) is 2. The molecule has 4 rings (SSSR count). The summed E-state index contributed by atoms with van der Waals surface area (Å²) in [5, 5.41) is 0. The highest BCUT2D eigenvalue weighted by atomic mass is 79.9. The van der Waals surface area contributed by atoms with Gasteiger partial charge in [0.05, 0.1) is 13.2 Å². The number of fused-ring (bicyclic) bond motifs is 1. The number of hydrogen-bond donors (Lipinski definition) is 0. The van der Waals surface area contributed by atoms with E-state index < -0.39 is 17.7 Å². The van der Waals surface area contributed by atoms with Gasteiger partial charge in [0.15, 0.2) is 0 Å². The molecule has 0 radical (unpaired) electrons. The molecule has 3 aromatic rings. The zero-order valence-electron chi connectivity index (χ0n) is 16.9. The third-order valence-electron chi connectivity index (χ3n) is 5.15. The van der Waals surface area contributed by atoms with Crippen LogP contribution in [-0.4, -0.2) is 29.5 Å². The van der Waals surface area contributed by atoms with Crippen molar-refractivity contribution in [2.45, 2.75) is 19.5 Å². The third kappa shape index (κ3) is 4.25. The topological polar surface area (TPSA) is 51.7 Å². The van der Waals surface area contributed by atoms with Crippen LogP contribution < -0.4 is 9.47 Å². The van der Waals surface area contributed by atoms with Crippen LogP contribution >= 0.6 is 15.9 Å². The molecule has 1 atom stereocenters. The standard InChI is InChI=1S/C23H19BrF2N2O3/c1-13-4-3-5-21(27-13)31-12-20(22-18(25)9-16(30-2)10-19(22)26)28-11-14-8-15(24)6-7-17(14)23(28)29/h3-10,20H,11-12H2,1-2H3. The Bertz CT molecular complexity index is 1130. The maximum Gasteiger partial charge on any atom is 0.255 e. The van der Waals surface area contributed by atoms with Gasteiger partial charge in [0.2, 0.25) is 5.88 Å². The van der Waals surface area contributed by atoms with Crippen molar-refractivity contribution in [3.05, 3.63) is 87.0 Å². The van der Waals surface area contributed by atoms with Crippen molar-refractivity contribution in [1.82, 2.24) is 9.88 Å². The Labute approximate surface area is 186 Å². The van der Waals surface area contributed by atoms with E-state index in [0.29, 0.717) is 11.4 Å². The molecule has 5 nitrogen and oxygen atoms in total. The first-order valence-corrected chi connectivity index (χ1v) is 10.4. The number of hydrogen-bond acceptors (Lipinski definition) is 4. The number of carbonyl (C=O) groups is 1. The Morgan fingerprint density at radius 2 is 1.90 bits per heavy atom. The fourth-order valence-corrected chi connectivity index (χ4v) is 4.06. The Morgan fingerprint density at radius 1 is 1.16 bits per heavy atom. The Morgan fingerprint density at radius 3 is 2.58 bits per heavy atom. The second kappa shape index (κ2) is 8.63. The van der Waals surface area contributed by atoms with Crippen molar-refractivity contribution < 1.29 is 23.0 Å². The van der Waals surface area contributed by atoms with E-state index in [1.165, 1.54) is 12.0 Å². The summed E-state index contributed by atoms with van der Waals surface area (Å²) >= 11 is 3.40. The van der Waals surface area contributed by atoms with Crippen LogP contribution in [0.3, 0.4) is 0 Å². The molecule has 8 heteroatoms. The Hall–Kier alpha value is -3.00. The molecule has 2 aromatic carbocycles. The third-order valence-corrected chi connectivity index (χ3v) is 5.64. The molecule has 1 amide bonds. The average molecular weight is 489 g/mol. The lowest BCUT2D eigenvalue weighted by molar-refractivity contribution is 0.0621. The van der Waals surface area contributed by atoms with Gasteiger partial charge in [-0.1, -0.05) is 22.0 Å². The van der Waals surface area contributed by atoms with E-state index in [4.69, 9.17) is 9.47 Å². The van der Waals surface area contributed by atoms with E-state index in [9.17, 15) is 13.6 Å². The minimum absolute atomic E-state index is 0.0544.